The Morgan fingerprint density at radius 3 is 1.54 bits per heavy atom. The molecule has 0 radical (unpaired) electrons. The second-order valence-corrected chi connectivity index (χ2v) is 8.25. The van der Waals surface area contributed by atoms with Crippen LogP contribution in [0, 0.1) is 6.92 Å². The first-order valence-corrected chi connectivity index (χ1v) is 11.5. The highest BCUT2D eigenvalue weighted by Gasteiger charge is 2.38. The van der Waals surface area contributed by atoms with Crippen LogP contribution in [0.3, 0.4) is 0 Å². The number of benzene rings is 3. The van der Waals surface area contributed by atoms with Gasteiger partial charge in [-0.1, -0.05) is 6.07 Å². The van der Waals surface area contributed by atoms with Gasteiger partial charge in [-0.3, -0.25) is 4.79 Å². The molecule has 0 atom stereocenters. The number of aryl methyl sites for hydroxylation is 1. The number of hydrogen-bond acceptors (Lipinski definition) is 8. The van der Waals surface area contributed by atoms with Crippen molar-refractivity contribution in [2.45, 2.75) is 6.92 Å². The average molecular weight is 507 g/mol. The average Bonchev–Trinajstić information content (AvgIpc) is 3.22. The lowest BCUT2D eigenvalue weighted by molar-refractivity contribution is 0.105. The minimum absolute atomic E-state index is 0.202. The maximum atomic E-state index is 14.1. The molecule has 1 aliphatic carbocycles. The Balaban J connectivity index is 2.15. The van der Waals surface area contributed by atoms with Crippen molar-refractivity contribution in [3.05, 3.63) is 64.2 Å². The minimum atomic E-state index is -0.202. The Labute approximate surface area is 216 Å². The molecule has 37 heavy (non-hydrogen) atoms. The van der Waals surface area contributed by atoms with E-state index in [0.29, 0.717) is 62.3 Å². The first-order valence-electron chi connectivity index (χ1n) is 11.5. The van der Waals surface area contributed by atoms with Crippen LogP contribution in [0.4, 0.5) is 0 Å². The molecule has 0 unspecified atom stereocenters. The number of ether oxygens (including phenoxy) is 7. The van der Waals surface area contributed by atoms with Crippen LogP contribution in [0.15, 0.2) is 36.4 Å². The molecule has 0 spiro atoms. The van der Waals surface area contributed by atoms with Crippen LogP contribution in [0.2, 0.25) is 0 Å². The lowest BCUT2D eigenvalue weighted by Crippen LogP contribution is -2.03. The molecule has 0 saturated carbocycles. The third-order valence-corrected chi connectivity index (χ3v) is 6.44. The van der Waals surface area contributed by atoms with Crippen LogP contribution in [-0.2, 0) is 0 Å². The Hall–Kier alpha value is -4.33. The highest BCUT2D eigenvalue weighted by Crippen LogP contribution is 2.54. The number of ketones is 1. The van der Waals surface area contributed by atoms with Crippen LogP contribution in [-0.4, -0.2) is 55.6 Å². The minimum Gasteiger partial charge on any atom is -0.496 e. The number of carbonyl (C=O) groups is 1. The van der Waals surface area contributed by atoms with Crippen molar-refractivity contribution < 1.29 is 38.0 Å². The van der Waals surface area contributed by atoms with E-state index in [0.717, 1.165) is 16.9 Å². The molecule has 1 aliphatic rings. The molecule has 0 aromatic heterocycles. The summed E-state index contributed by atoms with van der Waals surface area (Å²) in [6.45, 7) is 1.95. The molecule has 0 aliphatic heterocycles. The molecule has 8 nitrogen and oxygen atoms in total. The lowest BCUT2D eigenvalue weighted by atomic mass is 9.92. The second-order valence-electron chi connectivity index (χ2n) is 8.25. The third-order valence-electron chi connectivity index (χ3n) is 6.44. The Morgan fingerprint density at radius 1 is 0.514 bits per heavy atom. The summed E-state index contributed by atoms with van der Waals surface area (Å²) in [5.41, 5.74) is 4.49. The summed E-state index contributed by atoms with van der Waals surface area (Å²) < 4.78 is 39.1. The van der Waals surface area contributed by atoms with Gasteiger partial charge in [0.05, 0.1) is 49.8 Å². The normalized spacial score (nSPS) is 12.3. The maximum Gasteiger partial charge on any atom is 0.203 e. The van der Waals surface area contributed by atoms with Gasteiger partial charge in [0.15, 0.2) is 28.8 Å². The standard InChI is InChI=1S/C29H30O8/c1-15-11-16(9-10-19(15)31-2)23-24(17-12-20(32-3)27(35-6)21(13-17)33-4)26(30)18-14-22(34-5)28(36-7)29(37-8)25(18)23/h9-14H,1-8H3. The van der Waals surface area contributed by atoms with E-state index < -0.39 is 0 Å². The van der Waals surface area contributed by atoms with Crippen molar-refractivity contribution in [3.8, 4) is 40.2 Å². The molecule has 0 N–H and O–H groups in total. The van der Waals surface area contributed by atoms with Crippen molar-refractivity contribution in [1.82, 2.24) is 0 Å². The van der Waals surface area contributed by atoms with E-state index in [2.05, 4.69) is 0 Å². The van der Waals surface area contributed by atoms with Gasteiger partial charge in [-0.15, -0.1) is 0 Å². The van der Waals surface area contributed by atoms with Crippen LogP contribution in [0.25, 0.3) is 11.1 Å². The topological polar surface area (TPSA) is 81.7 Å². The molecule has 3 aromatic carbocycles. The predicted molar refractivity (Wildman–Crippen MR) is 140 cm³/mol. The molecule has 0 bridgehead atoms. The van der Waals surface area contributed by atoms with E-state index in [1.165, 1.54) is 42.7 Å². The zero-order valence-electron chi connectivity index (χ0n) is 22.2. The van der Waals surface area contributed by atoms with Gasteiger partial charge in [0.2, 0.25) is 11.5 Å². The number of Topliss-reactive ketones (excluding diaryl/α,β-unsaturated/α-hetero) is 1. The molecule has 3 aromatic rings. The molecule has 194 valence electrons. The number of rotatable bonds is 9. The number of allylic oxidation sites excluding steroid dienone is 1. The zero-order valence-corrected chi connectivity index (χ0v) is 22.2. The monoisotopic (exact) mass is 506 g/mol. The van der Waals surface area contributed by atoms with Crippen LogP contribution >= 0.6 is 0 Å². The summed E-state index contributed by atoms with van der Waals surface area (Å²) in [7, 11) is 10.8. The molecule has 4 rings (SSSR count). The largest absolute Gasteiger partial charge is 0.496 e. The summed E-state index contributed by atoms with van der Waals surface area (Å²) in [4.78, 5) is 14.1. The maximum absolute atomic E-state index is 14.1. The highest BCUT2D eigenvalue weighted by molar-refractivity contribution is 6.42. The van der Waals surface area contributed by atoms with Gasteiger partial charge in [-0.05, 0) is 53.9 Å². The number of methoxy groups -OCH3 is 7. The molecule has 0 fully saturated rings. The molecular weight excluding hydrogens is 476 g/mol. The summed E-state index contributed by atoms with van der Waals surface area (Å²) in [6.07, 6.45) is 0. The first kappa shape index (κ1) is 25.8. The fourth-order valence-electron chi connectivity index (χ4n) is 4.78. The number of fused-ring (bicyclic) bond motifs is 1. The molecule has 0 heterocycles. The SMILES string of the molecule is COc1ccc(C2=C(c3cc(OC)c(OC)c(OC)c3)C(=O)c3cc(OC)c(OC)c(OC)c32)cc1C. The van der Waals surface area contributed by atoms with Crippen LogP contribution in [0.1, 0.15) is 32.6 Å². The van der Waals surface area contributed by atoms with Gasteiger partial charge in [0, 0.05) is 22.3 Å². The van der Waals surface area contributed by atoms with Gasteiger partial charge < -0.3 is 33.2 Å². The van der Waals surface area contributed by atoms with Gasteiger partial charge in [-0.2, -0.15) is 0 Å². The van der Waals surface area contributed by atoms with Gasteiger partial charge >= 0.3 is 0 Å². The molecule has 0 saturated heterocycles. The Morgan fingerprint density at radius 2 is 1.05 bits per heavy atom. The van der Waals surface area contributed by atoms with Gasteiger partial charge in [0.1, 0.15) is 5.75 Å². The van der Waals surface area contributed by atoms with E-state index in [1.807, 2.05) is 25.1 Å². The summed E-state index contributed by atoms with van der Waals surface area (Å²) in [5, 5.41) is 0. The van der Waals surface area contributed by atoms with E-state index in [-0.39, 0.29) is 5.78 Å². The van der Waals surface area contributed by atoms with E-state index in [9.17, 15) is 4.79 Å². The fourth-order valence-corrected chi connectivity index (χ4v) is 4.78. The predicted octanol–water partition coefficient (Wildman–Crippen LogP) is 5.21. The van der Waals surface area contributed by atoms with Crippen molar-refractivity contribution in [2.24, 2.45) is 0 Å². The number of hydrogen-bond donors (Lipinski definition) is 0. The molecule has 8 heteroatoms. The first-order chi connectivity index (χ1) is 17.9. The third kappa shape index (κ3) is 4.08. The highest BCUT2D eigenvalue weighted by atomic mass is 16.5. The van der Waals surface area contributed by atoms with E-state index >= 15 is 0 Å². The smallest absolute Gasteiger partial charge is 0.203 e. The Bertz CT molecular complexity index is 1380. The van der Waals surface area contributed by atoms with Crippen molar-refractivity contribution >= 4 is 16.9 Å². The summed E-state index contributed by atoms with van der Waals surface area (Å²) >= 11 is 0. The van der Waals surface area contributed by atoms with Crippen molar-refractivity contribution in [3.63, 3.8) is 0 Å². The fraction of sp³-hybridized carbons (Fsp3) is 0.276. The quantitative estimate of drug-likeness (QED) is 0.391. The van der Waals surface area contributed by atoms with E-state index in [4.69, 9.17) is 33.2 Å². The van der Waals surface area contributed by atoms with Crippen molar-refractivity contribution in [2.75, 3.05) is 49.8 Å². The van der Waals surface area contributed by atoms with E-state index in [1.54, 1.807) is 25.3 Å². The van der Waals surface area contributed by atoms with Crippen LogP contribution < -0.4 is 33.2 Å². The van der Waals surface area contributed by atoms with Crippen molar-refractivity contribution in [1.29, 1.82) is 0 Å². The summed E-state index contributed by atoms with van der Waals surface area (Å²) in [5.74, 6) is 3.01. The lowest BCUT2D eigenvalue weighted by Gasteiger charge is -2.18. The van der Waals surface area contributed by atoms with Gasteiger partial charge in [-0.25, -0.2) is 0 Å². The molecule has 0 amide bonds. The summed E-state index contributed by atoms with van der Waals surface area (Å²) in [6, 6.07) is 11.0. The zero-order chi connectivity index (χ0) is 26.9. The van der Waals surface area contributed by atoms with Crippen LogP contribution in [0.5, 0.6) is 40.2 Å². The van der Waals surface area contributed by atoms with Gasteiger partial charge in [0.25, 0.3) is 0 Å². The second kappa shape index (κ2) is 10.3. The Kier molecular flexibility index (Phi) is 7.20. The number of carbonyl (C=O) groups excluding carboxylic acids is 1. The molecular formula is C29H30O8.